The van der Waals surface area contributed by atoms with Crippen LogP contribution in [0.25, 0.3) is 10.2 Å². The predicted octanol–water partition coefficient (Wildman–Crippen LogP) is 4.64. The summed E-state index contributed by atoms with van der Waals surface area (Å²) in [6.07, 6.45) is 2.60. The first-order valence-electron chi connectivity index (χ1n) is 8.10. The van der Waals surface area contributed by atoms with Gasteiger partial charge in [-0.15, -0.1) is 11.3 Å². The molecule has 130 valence electrons. The van der Waals surface area contributed by atoms with Crippen molar-refractivity contribution in [3.8, 4) is 11.5 Å². The molecule has 0 aliphatic rings. The molecule has 6 heteroatoms. The first-order chi connectivity index (χ1) is 12.3. The van der Waals surface area contributed by atoms with E-state index in [0.717, 1.165) is 33.0 Å². The maximum atomic E-state index is 5.64. The molecule has 0 saturated heterocycles. The number of rotatable bonds is 8. The summed E-state index contributed by atoms with van der Waals surface area (Å²) in [5.41, 5.74) is 1.87. The molecular weight excluding hydrogens is 336 g/mol. The number of oxime groups is 1. The summed E-state index contributed by atoms with van der Waals surface area (Å²) in [5.74, 6) is 1.42. The van der Waals surface area contributed by atoms with Crippen molar-refractivity contribution in [1.29, 1.82) is 0 Å². The Labute approximate surface area is 150 Å². The second kappa shape index (κ2) is 8.48. The first kappa shape index (κ1) is 17.2. The maximum Gasteiger partial charge on any atom is 0.168 e. The third-order valence-corrected chi connectivity index (χ3v) is 4.46. The third-order valence-electron chi connectivity index (χ3n) is 3.45. The fraction of sp³-hybridized carbons (Fsp3) is 0.263. The molecule has 0 saturated carbocycles. The molecule has 0 unspecified atom stereocenters. The van der Waals surface area contributed by atoms with E-state index in [0.29, 0.717) is 19.0 Å². The van der Waals surface area contributed by atoms with Crippen molar-refractivity contribution in [2.45, 2.75) is 20.0 Å². The molecular formula is C19H20N2O3S. The van der Waals surface area contributed by atoms with Gasteiger partial charge in [0.25, 0.3) is 0 Å². The number of fused-ring (bicyclic) bond motifs is 1. The molecule has 0 fully saturated rings. The zero-order valence-electron chi connectivity index (χ0n) is 14.3. The number of aromatic nitrogens is 1. The molecule has 25 heavy (non-hydrogen) atoms. The van der Waals surface area contributed by atoms with Crippen molar-refractivity contribution in [3.05, 3.63) is 53.0 Å². The van der Waals surface area contributed by atoms with Gasteiger partial charge in [0.15, 0.2) is 18.1 Å². The highest BCUT2D eigenvalue weighted by atomic mass is 32.1. The summed E-state index contributed by atoms with van der Waals surface area (Å²) in [5, 5.41) is 4.92. The Balaban J connectivity index is 1.59. The Hall–Kier alpha value is -2.60. The number of nitrogens with zero attached hydrogens (tertiary/aromatic N) is 2. The number of hydrogen-bond acceptors (Lipinski definition) is 6. The number of para-hydroxylation sites is 1. The summed E-state index contributed by atoms with van der Waals surface area (Å²) in [6.45, 7) is 3.08. The fourth-order valence-corrected chi connectivity index (χ4v) is 3.14. The van der Waals surface area contributed by atoms with E-state index in [1.54, 1.807) is 24.7 Å². The van der Waals surface area contributed by atoms with Crippen LogP contribution in [0, 0.1) is 0 Å². The fourth-order valence-electron chi connectivity index (χ4n) is 2.27. The molecule has 0 aliphatic carbocycles. The smallest absolute Gasteiger partial charge is 0.168 e. The van der Waals surface area contributed by atoms with Crippen LogP contribution >= 0.6 is 11.3 Å². The van der Waals surface area contributed by atoms with E-state index in [1.165, 1.54) is 0 Å². The molecule has 0 atom stereocenters. The highest BCUT2D eigenvalue weighted by Crippen LogP contribution is 2.27. The molecule has 0 N–H and O–H groups in total. The van der Waals surface area contributed by atoms with Crippen molar-refractivity contribution in [1.82, 2.24) is 4.98 Å². The number of ether oxygens (including phenoxy) is 2. The van der Waals surface area contributed by atoms with E-state index in [4.69, 9.17) is 14.3 Å². The van der Waals surface area contributed by atoms with Crippen LogP contribution < -0.4 is 9.47 Å². The van der Waals surface area contributed by atoms with Crippen molar-refractivity contribution in [3.63, 3.8) is 0 Å². The standard InChI is InChI=1S/C19H20N2O3S/c1-3-10-23-16-9-8-14(11-17(16)22-2)12-20-24-13-19-21-15-6-4-5-7-18(15)25-19/h4-9,11-12H,3,10,13H2,1-2H3/b20-12-. The first-order valence-corrected chi connectivity index (χ1v) is 8.92. The van der Waals surface area contributed by atoms with Gasteiger partial charge in [-0.25, -0.2) is 4.98 Å². The van der Waals surface area contributed by atoms with Crippen LogP contribution in [0.2, 0.25) is 0 Å². The van der Waals surface area contributed by atoms with Gasteiger partial charge in [0, 0.05) is 5.56 Å². The largest absolute Gasteiger partial charge is 0.493 e. The van der Waals surface area contributed by atoms with Gasteiger partial charge in [-0.05, 0) is 36.8 Å². The molecule has 1 heterocycles. The lowest BCUT2D eigenvalue weighted by Crippen LogP contribution is -1.98. The quantitative estimate of drug-likeness (QED) is 0.436. The Bertz CT molecular complexity index is 828. The minimum Gasteiger partial charge on any atom is -0.493 e. The van der Waals surface area contributed by atoms with Gasteiger partial charge in [-0.2, -0.15) is 0 Å². The normalized spacial score (nSPS) is 11.1. The lowest BCUT2D eigenvalue weighted by molar-refractivity contribution is 0.132. The number of methoxy groups -OCH3 is 1. The monoisotopic (exact) mass is 356 g/mol. The van der Waals surface area contributed by atoms with Gasteiger partial charge in [0.1, 0.15) is 5.01 Å². The second-order valence-electron chi connectivity index (χ2n) is 5.34. The maximum absolute atomic E-state index is 5.64. The van der Waals surface area contributed by atoms with Gasteiger partial charge < -0.3 is 14.3 Å². The topological polar surface area (TPSA) is 52.9 Å². The summed E-state index contributed by atoms with van der Waals surface area (Å²) >= 11 is 1.61. The summed E-state index contributed by atoms with van der Waals surface area (Å²) in [7, 11) is 1.62. The average molecular weight is 356 g/mol. The van der Waals surface area contributed by atoms with Gasteiger partial charge in [0.2, 0.25) is 0 Å². The Morgan fingerprint density at radius 3 is 2.84 bits per heavy atom. The predicted molar refractivity (Wildman–Crippen MR) is 101 cm³/mol. The van der Waals surface area contributed by atoms with Crippen molar-refractivity contribution in [2.75, 3.05) is 13.7 Å². The van der Waals surface area contributed by atoms with Crippen LogP contribution in [0.1, 0.15) is 23.9 Å². The summed E-state index contributed by atoms with van der Waals surface area (Å²) in [4.78, 5) is 9.88. The molecule has 0 radical (unpaired) electrons. The zero-order valence-corrected chi connectivity index (χ0v) is 15.1. The van der Waals surface area contributed by atoms with E-state index in [9.17, 15) is 0 Å². The minimum atomic E-state index is 0.352. The molecule has 2 aromatic carbocycles. The number of thiazole rings is 1. The summed E-state index contributed by atoms with van der Waals surface area (Å²) < 4.78 is 12.1. The molecule has 0 spiro atoms. The van der Waals surface area contributed by atoms with Crippen LogP contribution in [0.4, 0.5) is 0 Å². The van der Waals surface area contributed by atoms with Gasteiger partial charge >= 0.3 is 0 Å². The molecule has 0 bridgehead atoms. The molecule has 3 aromatic rings. The number of hydrogen-bond donors (Lipinski definition) is 0. The van der Waals surface area contributed by atoms with Gasteiger partial charge in [-0.3, -0.25) is 0 Å². The van der Waals surface area contributed by atoms with Crippen molar-refractivity contribution >= 4 is 27.8 Å². The minimum absolute atomic E-state index is 0.352. The summed E-state index contributed by atoms with van der Waals surface area (Å²) in [6, 6.07) is 13.7. The third kappa shape index (κ3) is 4.48. The molecule has 5 nitrogen and oxygen atoms in total. The van der Waals surface area contributed by atoms with Crippen LogP contribution in [-0.4, -0.2) is 24.9 Å². The lowest BCUT2D eigenvalue weighted by Gasteiger charge is -2.10. The Morgan fingerprint density at radius 1 is 1.16 bits per heavy atom. The molecule has 0 amide bonds. The Morgan fingerprint density at radius 2 is 2.04 bits per heavy atom. The van der Waals surface area contributed by atoms with Crippen LogP contribution in [-0.2, 0) is 11.4 Å². The van der Waals surface area contributed by atoms with E-state index < -0.39 is 0 Å². The van der Waals surface area contributed by atoms with Crippen LogP contribution in [0.5, 0.6) is 11.5 Å². The highest BCUT2D eigenvalue weighted by molar-refractivity contribution is 7.18. The molecule has 3 rings (SSSR count). The van der Waals surface area contributed by atoms with Crippen molar-refractivity contribution < 1.29 is 14.3 Å². The Kier molecular flexibility index (Phi) is 5.85. The number of benzene rings is 2. The average Bonchev–Trinajstić information content (AvgIpc) is 3.06. The van der Waals surface area contributed by atoms with Crippen molar-refractivity contribution in [2.24, 2.45) is 5.16 Å². The highest BCUT2D eigenvalue weighted by Gasteiger charge is 2.05. The van der Waals surface area contributed by atoms with E-state index in [2.05, 4.69) is 17.1 Å². The zero-order chi connectivity index (χ0) is 17.5. The molecule has 1 aromatic heterocycles. The van der Waals surface area contributed by atoms with E-state index in [1.807, 2.05) is 42.5 Å². The second-order valence-corrected chi connectivity index (χ2v) is 6.46. The van der Waals surface area contributed by atoms with Crippen LogP contribution in [0.15, 0.2) is 47.6 Å². The van der Waals surface area contributed by atoms with E-state index in [-0.39, 0.29) is 0 Å². The van der Waals surface area contributed by atoms with Gasteiger partial charge in [-0.1, -0.05) is 24.2 Å². The van der Waals surface area contributed by atoms with Crippen LogP contribution in [0.3, 0.4) is 0 Å². The van der Waals surface area contributed by atoms with Gasteiger partial charge in [0.05, 0.1) is 30.1 Å². The van der Waals surface area contributed by atoms with E-state index >= 15 is 0 Å². The SMILES string of the molecule is CCCOc1ccc(/C=N\OCc2nc3ccccc3s2)cc1OC. The molecule has 0 aliphatic heterocycles. The lowest BCUT2D eigenvalue weighted by atomic mass is 10.2.